The Morgan fingerprint density at radius 2 is 1.80 bits per heavy atom. The molecule has 2 N–H and O–H groups in total. The molecule has 2 aromatic carbocycles. The number of rotatable bonds is 12. The predicted octanol–water partition coefficient (Wildman–Crippen LogP) is 3.41. The van der Waals surface area contributed by atoms with Gasteiger partial charge in [-0.25, -0.2) is 9.40 Å². The Hall–Kier alpha value is -3.21. The number of fused-ring (bicyclic) bond motifs is 2. The standard InChI is InChI=1S/C29H40FN7O2.ClH/c1-6-26-24-13-20(4)27(15-25(24)33-37(26)8-3)35(18-28(38)32-12-11-31-7-2)19-29(39)34(5)36-16-21-9-10-23(30)14-22(21)17-36;/h9-10,13-15,31H,6-8,11-12,16-19H2,1-5H3,(H,32,38);1H. The molecule has 11 heteroatoms. The number of benzene rings is 2. The number of carbonyl (C=O) groups is 2. The molecule has 4 rings (SSSR count). The van der Waals surface area contributed by atoms with Crippen molar-refractivity contribution in [1.29, 1.82) is 0 Å². The Morgan fingerprint density at radius 3 is 2.50 bits per heavy atom. The van der Waals surface area contributed by atoms with Crippen molar-refractivity contribution in [2.24, 2.45) is 0 Å². The summed E-state index contributed by atoms with van der Waals surface area (Å²) in [6, 6.07) is 8.84. The minimum Gasteiger partial charge on any atom is -0.353 e. The smallest absolute Gasteiger partial charge is 0.256 e. The highest BCUT2D eigenvalue weighted by Gasteiger charge is 2.28. The normalized spacial score (nSPS) is 12.8. The second kappa shape index (κ2) is 13.9. The van der Waals surface area contributed by atoms with Gasteiger partial charge in [-0.3, -0.25) is 19.3 Å². The zero-order chi connectivity index (χ0) is 28.1. The molecule has 0 radical (unpaired) electrons. The number of halogens is 2. The summed E-state index contributed by atoms with van der Waals surface area (Å²) < 4.78 is 15.7. The molecule has 218 valence electrons. The molecule has 0 saturated heterocycles. The molecular weight excluding hydrogens is 533 g/mol. The van der Waals surface area contributed by atoms with E-state index < -0.39 is 0 Å². The van der Waals surface area contributed by atoms with Crippen LogP contribution in [0.4, 0.5) is 10.1 Å². The fourth-order valence-corrected chi connectivity index (χ4v) is 5.21. The number of likely N-dealkylation sites (N-methyl/N-ethyl adjacent to an activating group) is 2. The van der Waals surface area contributed by atoms with Crippen molar-refractivity contribution in [3.63, 3.8) is 0 Å². The van der Waals surface area contributed by atoms with Crippen LogP contribution in [0.15, 0.2) is 30.3 Å². The average molecular weight is 574 g/mol. The van der Waals surface area contributed by atoms with E-state index in [-0.39, 0.29) is 43.1 Å². The van der Waals surface area contributed by atoms with Crippen molar-refractivity contribution in [3.05, 3.63) is 58.5 Å². The van der Waals surface area contributed by atoms with Crippen LogP contribution in [0.1, 0.15) is 43.2 Å². The lowest BCUT2D eigenvalue weighted by atomic mass is 10.1. The molecule has 40 heavy (non-hydrogen) atoms. The fraction of sp³-hybridized carbons (Fsp3) is 0.483. The van der Waals surface area contributed by atoms with Crippen molar-refractivity contribution in [2.75, 3.05) is 44.7 Å². The lowest BCUT2D eigenvalue weighted by molar-refractivity contribution is -0.145. The summed E-state index contributed by atoms with van der Waals surface area (Å²) in [4.78, 5) is 28.3. The Balaban J connectivity index is 0.00000441. The maximum absolute atomic E-state index is 13.7. The molecule has 2 heterocycles. The van der Waals surface area contributed by atoms with Crippen LogP contribution in [-0.2, 0) is 35.6 Å². The minimum atomic E-state index is -0.279. The van der Waals surface area contributed by atoms with Crippen LogP contribution in [0.25, 0.3) is 10.9 Å². The first kappa shape index (κ1) is 31.3. The molecule has 0 bridgehead atoms. The van der Waals surface area contributed by atoms with E-state index in [1.54, 1.807) is 18.1 Å². The summed E-state index contributed by atoms with van der Waals surface area (Å²) in [7, 11) is 1.73. The quantitative estimate of drug-likeness (QED) is 0.323. The number of carbonyl (C=O) groups excluding carboxylic acids is 2. The SMILES string of the molecule is CCNCCNC(=O)CN(CC(=O)N(C)N1Cc2ccc(F)cc2C1)c1cc2nn(CC)c(CC)c2cc1C.Cl. The third-order valence-corrected chi connectivity index (χ3v) is 7.33. The molecule has 1 aromatic heterocycles. The van der Waals surface area contributed by atoms with Gasteiger partial charge in [-0.15, -0.1) is 12.4 Å². The van der Waals surface area contributed by atoms with E-state index in [1.807, 2.05) is 34.5 Å². The van der Waals surface area contributed by atoms with Gasteiger partial charge in [0, 0.05) is 56.5 Å². The van der Waals surface area contributed by atoms with Gasteiger partial charge in [0.2, 0.25) is 5.91 Å². The number of nitrogens with zero attached hydrogens (tertiary/aromatic N) is 5. The van der Waals surface area contributed by atoms with E-state index in [0.717, 1.165) is 52.8 Å². The van der Waals surface area contributed by atoms with Gasteiger partial charge in [0.1, 0.15) is 5.82 Å². The van der Waals surface area contributed by atoms with Crippen LogP contribution in [0.5, 0.6) is 0 Å². The van der Waals surface area contributed by atoms with Gasteiger partial charge >= 0.3 is 0 Å². The van der Waals surface area contributed by atoms with Crippen LogP contribution in [0.3, 0.4) is 0 Å². The Labute approximate surface area is 242 Å². The number of hydrogen-bond donors (Lipinski definition) is 2. The zero-order valence-electron chi connectivity index (χ0n) is 24.1. The second-order valence-electron chi connectivity index (χ2n) is 9.98. The lowest BCUT2D eigenvalue weighted by Crippen LogP contribution is -2.48. The van der Waals surface area contributed by atoms with Crippen LogP contribution in [0, 0.1) is 12.7 Å². The largest absolute Gasteiger partial charge is 0.353 e. The topological polar surface area (TPSA) is 85.7 Å². The van der Waals surface area contributed by atoms with Gasteiger partial charge in [0.25, 0.3) is 5.91 Å². The molecule has 0 fully saturated rings. The molecule has 9 nitrogen and oxygen atoms in total. The fourth-order valence-electron chi connectivity index (χ4n) is 5.21. The highest BCUT2D eigenvalue weighted by Crippen LogP contribution is 2.30. The summed E-state index contributed by atoms with van der Waals surface area (Å²) in [6.07, 6.45) is 0.868. The van der Waals surface area contributed by atoms with Crippen LogP contribution in [-0.4, -0.2) is 71.4 Å². The van der Waals surface area contributed by atoms with E-state index in [4.69, 9.17) is 5.10 Å². The Morgan fingerprint density at radius 1 is 1.05 bits per heavy atom. The maximum atomic E-state index is 13.7. The summed E-state index contributed by atoms with van der Waals surface area (Å²) in [5.74, 6) is -0.588. The van der Waals surface area contributed by atoms with E-state index in [1.165, 1.54) is 17.8 Å². The molecule has 0 atom stereocenters. The van der Waals surface area contributed by atoms with Crippen molar-refractivity contribution in [2.45, 2.75) is 53.8 Å². The molecule has 2 amide bonds. The van der Waals surface area contributed by atoms with Crippen LogP contribution < -0.4 is 15.5 Å². The third-order valence-electron chi connectivity index (χ3n) is 7.33. The summed E-state index contributed by atoms with van der Waals surface area (Å²) in [5, 5.41) is 15.5. The summed E-state index contributed by atoms with van der Waals surface area (Å²) in [5.41, 5.74) is 5.70. The van der Waals surface area contributed by atoms with Gasteiger partial charge in [-0.1, -0.05) is 19.9 Å². The number of amides is 2. The number of hydrazine groups is 1. The first-order valence-corrected chi connectivity index (χ1v) is 13.8. The summed E-state index contributed by atoms with van der Waals surface area (Å²) in [6.45, 7) is 12.1. The van der Waals surface area contributed by atoms with Gasteiger partial charge < -0.3 is 15.5 Å². The average Bonchev–Trinajstić information content (AvgIpc) is 3.49. The first-order valence-electron chi connectivity index (χ1n) is 13.8. The molecule has 0 unspecified atom stereocenters. The van der Waals surface area contributed by atoms with Crippen molar-refractivity contribution in [1.82, 2.24) is 30.4 Å². The Kier molecular flexibility index (Phi) is 10.9. The maximum Gasteiger partial charge on any atom is 0.256 e. The van der Waals surface area contributed by atoms with Gasteiger partial charge in [0.15, 0.2) is 0 Å². The van der Waals surface area contributed by atoms with Crippen molar-refractivity contribution >= 4 is 40.8 Å². The molecule has 1 aliphatic heterocycles. The van der Waals surface area contributed by atoms with Crippen molar-refractivity contribution < 1.29 is 14.0 Å². The highest BCUT2D eigenvalue weighted by molar-refractivity contribution is 5.91. The number of nitrogens with one attached hydrogen (secondary N) is 2. The number of hydrogen-bond acceptors (Lipinski definition) is 6. The van der Waals surface area contributed by atoms with E-state index >= 15 is 0 Å². The molecule has 0 spiro atoms. The monoisotopic (exact) mass is 573 g/mol. The summed E-state index contributed by atoms with van der Waals surface area (Å²) >= 11 is 0. The van der Waals surface area contributed by atoms with E-state index in [2.05, 4.69) is 30.5 Å². The molecular formula is C29H41ClFN7O2. The van der Waals surface area contributed by atoms with E-state index in [0.29, 0.717) is 26.2 Å². The van der Waals surface area contributed by atoms with Crippen LogP contribution >= 0.6 is 12.4 Å². The van der Waals surface area contributed by atoms with Gasteiger partial charge in [0.05, 0.1) is 18.6 Å². The van der Waals surface area contributed by atoms with E-state index in [9.17, 15) is 14.0 Å². The first-order chi connectivity index (χ1) is 18.7. The number of aromatic nitrogens is 2. The highest BCUT2D eigenvalue weighted by atomic mass is 35.5. The van der Waals surface area contributed by atoms with Crippen molar-refractivity contribution in [3.8, 4) is 0 Å². The molecule has 0 aliphatic carbocycles. The predicted molar refractivity (Wildman–Crippen MR) is 159 cm³/mol. The van der Waals surface area contributed by atoms with Gasteiger partial charge in [-0.2, -0.15) is 5.10 Å². The molecule has 0 saturated carbocycles. The zero-order valence-corrected chi connectivity index (χ0v) is 24.9. The third kappa shape index (κ3) is 6.92. The molecule has 3 aromatic rings. The van der Waals surface area contributed by atoms with Crippen LogP contribution in [0.2, 0.25) is 0 Å². The number of aryl methyl sites for hydroxylation is 3. The lowest BCUT2D eigenvalue weighted by Gasteiger charge is -2.32. The van der Waals surface area contributed by atoms with Gasteiger partial charge in [-0.05, 0) is 67.8 Å². The Bertz CT molecular complexity index is 1350. The second-order valence-corrected chi connectivity index (χ2v) is 9.98. The number of anilines is 1. The molecule has 1 aliphatic rings. The minimum absolute atomic E-state index is 0.